The molecule has 0 amide bonds. The minimum absolute atomic E-state index is 0.427. The quantitative estimate of drug-likeness (QED) is 0.704. The number of rotatable bonds is 3. The zero-order chi connectivity index (χ0) is 13.1. The van der Waals surface area contributed by atoms with E-state index >= 15 is 0 Å². The number of benzene rings is 2. The molecular formula is C15H15I. The van der Waals surface area contributed by atoms with Gasteiger partial charge in [0.2, 0.25) is 0 Å². The lowest BCUT2D eigenvalue weighted by Crippen LogP contribution is -1.83. The van der Waals surface area contributed by atoms with E-state index in [9.17, 15) is 0 Å². The summed E-state index contributed by atoms with van der Waals surface area (Å²) in [4.78, 5) is 0. The van der Waals surface area contributed by atoms with Crippen molar-refractivity contribution in [3.63, 3.8) is 0 Å². The first-order chi connectivity index (χ1) is 8.61. The van der Waals surface area contributed by atoms with E-state index in [0.29, 0.717) is 15.7 Å². The fourth-order valence-electron chi connectivity index (χ4n) is 1.68. The molecule has 0 fully saturated rings. The topological polar surface area (TPSA) is 0 Å². The van der Waals surface area contributed by atoms with E-state index in [0.717, 1.165) is 24.0 Å². The first kappa shape index (κ1) is 9.23. The van der Waals surface area contributed by atoms with Gasteiger partial charge in [0, 0.05) is 3.57 Å². The highest BCUT2D eigenvalue weighted by molar-refractivity contribution is 14.1. The van der Waals surface area contributed by atoms with Crippen LogP contribution in [0, 0.1) is 3.57 Å². The summed E-state index contributed by atoms with van der Waals surface area (Å²) in [6, 6.07) is 12.9. The number of hydrogen-bond donors (Lipinski definition) is 0. The van der Waals surface area contributed by atoms with Crippen LogP contribution in [0.4, 0.5) is 0 Å². The molecule has 0 N–H and O–H groups in total. The molecule has 0 aliphatic heterocycles. The van der Waals surface area contributed by atoms with Crippen molar-refractivity contribution in [2.75, 3.05) is 0 Å². The Kier molecular flexibility index (Phi) is 3.16. The van der Waals surface area contributed by atoms with Crippen molar-refractivity contribution in [2.24, 2.45) is 0 Å². The summed E-state index contributed by atoms with van der Waals surface area (Å²) in [6.07, 6.45) is 2.25. The van der Waals surface area contributed by atoms with Crippen LogP contribution in [0.3, 0.4) is 0 Å². The molecule has 0 heterocycles. The van der Waals surface area contributed by atoms with Crippen LogP contribution >= 0.6 is 22.6 Å². The maximum absolute atomic E-state index is 7.83. The molecule has 2 aromatic carbocycles. The van der Waals surface area contributed by atoms with Gasteiger partial charge < -0.3 is 0 Å². The summed E-state index contributed by atoms with van der Waals surface area (Å²) in [5.41, 5.74) is 3.37. The van der Waals surface area contributed by atoms with E-state index in [4.69, 9.17) is 2.74 Å². The van der Waals surface area contributed by atoms with Crippen molar-refractivity contribution in [1.29, 1.82) is 0 Å². The van der Waals surface area contributed by atoms with Crippen LogP contribution in [0.25, 0.3) is 11.1 Å². The Bertz CT molecular complexity index is 524. The summed E-state index contributed by atoms with van der Waals surface area (Å²) in [5.74, 6) is 0. The van der Waals surface area contributed by atoms with Crippen LogP contribution in [0.15, 0.2) is 48.5 Å². The molecule has 2 rings (SSSR count). The highest BCUT2D eigenvalue weighted by Crippen LogP contribution is 2.21. The van der Waals surface area contributed by atoms with Gasteiger partial charge in [0.05, 0.1) is 2.74 Å². The molecule has 0 radical (unpaired) electrons. The average Bonchev–Trinajstić information content (AvgIpc) is 2.37. The van der Waals surface area contributed by atoms with Crippen molar-refractivity contribution in [3.8, 4) is 11.1 Å². The Hall–Kier alpha value is -0.830. The molecule has 0 atom stereocenters. The molecule has 0 bridgehead atoms. The fourth-order valence-corrected chi connectivity index (χ4v) is 2.00. The lowest BCUT2D eigenvalue weighted by Gasteiger charge is -2.03. The molecule has 16 heavy (non-hydrogen) atoms. The smallest absolute Gasteiger partial charge is 0.0634 e. The van der Waals surface area contributed by atoms with Crippen LogP contribution in [-0.4, -0.2) is 0 Å². The van der Waals surface area contributed by atoms with Crippen molar-refractivity contribution < 1.29 is 2.74 Å². The second kappa shape index (κ2) is 5.48. The Labute approximate surface area is 114 Å². The first-order valence-corrected chi connectivity index (χ1v) is 6.55. The fraction of sp³-hybridized carbons (Fsp3) is 0.200. The monoisotopic (exact) mass is 324 g/mol. The van der Waals surface area contributed by atoms with Crippen molar-refractivity contribution in [3.05, 3.63) is 57.6 Å². The van der Waals surface area contributed by atoms with Crippen LogP contribution in [0.1, 0.15) is 21.6 Å². The van der Waals surface area contributed by atoms with Gasteiger partial charge >= 0.3 is 0 Å². The molecule has 0 nitrogen and oxygen atoms in total. The van der Waals surface area contributed by atoms with E-state index in [1.165, 1.54) is 5.56 Å². The maximum atomic E-state index is 7.83. The third-order valence-electron chi connectivity index (χ3n) is 2.53. The van der Waals surface area contributed by atoms with Crippen molar-refractivity contribution in [2.45, 2.75) is 19.8 Å². The summed E-state index contributed by atoms with van der Waals surface area (Å²) in [6.45, 7) is 2.17. The molecule has 0 saturated carbocycles. The van der Waals surface area contributed by atoms with Gasteiger partial charge in [-0.1, -0.05) is 49.7 Å². The van der Waals surface area contributed by atoms with E-state index in [-0.39, 0.29) is 0 Å². The van der Waals surface area contributed by atoms with Crippen molar-refractivity contribution >= 4 is 22.6 Å². The van der Waals surface area contributed by atoms with Gasteiger partial charge in [-0.15, -0.1) is 0 Å². The second-order valence-electron chi connectivity index (χ2n) is 3.79. The van der Waals surface area contributed by atoms with Gasteiger partial charge in [-0.3, -0.25) is 0 Å². The van der Waals surface area contributed by atoms with Crippen LogP contribution in [0.2, 0.25) is 0 Å². The van der Waals surface area contributed by atoms with Crippen LogP contribution in [0.5, 0.6) is 0 Å². The van der Waals surface area contributed by atoms with Gasteiger partial charge in [-0.05, 0) is 57.8 Å². The Morgan fingerprint density at radius 2 is 1.56 bits per heavy atom. The SMILES string of the molecule is [2H]c1cc(-c2ccc(CCC)cc2)cc([2H])c1I. The predicted octanol–water partition coefficient (Wildman–Crippen LogP) is 4.91. The summed E-state index contributed by atoms with van der Waals surface area (Å²) < 4.78 is 16.4. The second-order valence-corrected chi connectivity index (χ2v) is 4.87. The first-order valence-electron chi connectivity index (χ1n) is 6.48. The van der Waals surface area contributed by atoms with Gasteiger partial charge in [0.25, 0.3) is 0 Å². The third kappa shape index (κ3) is 2.85. The van der Waals surface area contributed by atoms with Gasteiger partial charge in [0.15, 0.2) is 0 Å². The third-order valence-corrected chi connectivity index (χ3v) is 3.16. The highest BCUT2D eigenvalue weighted by Gasteiger charge is 1.97. The summed E-state index contributed by atoms with van der Waals surface area (Å²) in [7, 11) is 0. The lowest BCUT2D eigenvalue weighted by atomic mass is 10.0. The van der Waals surface area contributed by atoms with Crippen LogP contribution < -0.4 is 0 Å². The molecular weight excluding hydrogens is 307 g/mol. The molecule has 0 saturated heterocycles. The normalized spacial score (nSPS) is 12.1. The molecule has 0 unspecified atom stereocenters. The zero-order valence-corrected chi connectivity index (χ0v) is 11.4. The Morgan fingerprint density at radius 3 is 2.12 bits per heavy atom. The predicted molar refractivity (Wildman–Crippen MR) is 78.6 cm³/mol. The standard InChI is InChI=1S/C15H15I/c1-2-3-12-4-6-13(7-5-12)14-8-10-15(16)11-9-14/h4-11H,2-3H2,1H3/i10D,11D. The summed E-state index contributed by atoms with van der Waals surface area (Å²) in [5, 5.41) is 0. The average molecular weight is 324 g/mol. The van der Waals surface area contributed by atoms with E-state index in [1.54, 1.807) is 0 Å². The molecule has 0 aromatic heterocycles. The highest BCUT2D eigenvalue weighted by atomic mass is 127. The Balaban J connectivity index is 2.36. The molecule has 1 heteroatoms. The minimum atomic E-state index is 0.427. The van der Waals surface area contributed by atoms with Crippen molar-refractivity contribution in [1.82, 2.24) is 0 Å². The largest absolute Gasteiger partial charge is 0.0651 e. The number of halogens is 1. The zero-order valence-electron chi connectivity index (χ0n) is 11.3. The maximum Gasteiger partial charge on any atom is 0.0634 e. The molecule has 82 valence electrons. The number of hydrogen-bond acceptors (Lipinski definition) is 0. The van der Waals surface area contributed by atoms with Gasteiger partial charge in [-0.2, -0.15) is 0 Å². The van der Waals surface area contributed by atoms with E-state index in [1.807, 2.05) is 34.7 Å². The molecule has 2 aromatic rings. The van der Waals surface area contributed by atoms with Crippen LogP contribution in [-0.2, 0) is 6.42 Å². The van der Waals surface area contributed by atoms with Gasteiger partial charge in [0.1, 0.15) is 0 Å². The lowest BCUT2D eigenvalue weighted by molar-refractivity contribution is 0.922. The summed E-state index contributed by atoms with van der Waals surface area (Å²) >= 11 is 2.05. The molecule has 0 aliphatic rings. The van der Waals surface area contributed by atoms with Gasteiger partial charge in [-0.25, -0.2) is 0 Å². The minimum Gasteiger partial charge on any atom is -0.0651 e. The van der Waals surface area contributed by atoms with E-state index in [2.05, 4.69) is 31.2 Å². The van der Waals surface area contributed by atoms with E-state index < -0.39 is 0 Å². The Morgan fingerprint density at radius 1 is 1.00 bits per heavy atom. The number of aryl methyl sites for hydroxylation is 1. The molecule has 0 spiro atoms. The molecule has 0 aliphatic carbocycles.